The highest BCUT2D eigenvalue weighted by Gasteiger charge is 2.22. The first-order chi connectivity index (χ1) is 11.9. The lowest BCUT2D eigenvalue weighted by Gasteiger charge is -2.15. The molecule has 1 heterocycles. The van der Waals surface area contributed by atoms with Crippen LogP contribution >= 0.6 is 0 Å². The molecule has 7 heteroatoms. The highest BCUT2D eigenvalue weighted by molar-refractivity contribution is 5.95. The van der Waals surface area contributed by atoms with Crippen molar-refractivity contribution in [3.8, 4) is 5.75 Å². The van der Waals surface area contributed by atoms with Gasteiger partial charge in [0.2, 0.25) is 5.91 Å². The van der Waals surface area contributed by atoms with Crippen molar-refractivity contribution in [1.29, 1.82) is 0 Å². The Balaban J connectivity index is 1.61. The molecule has 2 amide bonds. The molecule has 0 aliphatic carbocycles. The average molecular weight is 346 g/mol. The Kier molecular flexibility index (Phi) is 4.65. The van der Waals surface area contributed by atoms with Gasteiger partial charge in [-0.1, -0.05) is 0 Å². The number of benzene rings is 2. The van der Waals surface area contributed by atoms with Crippen LogP contribution in [0.4, 0.5) is 20.2 Å². The van der Waals surface area contributed by atoms with Gasteiger partial charge in [-0.15, -0.1) is 0 Å². The van der Waals surface area contributed by atoms with E-state index in [0.717, 1.165) is 29.8 Å². The summed E-state index contributed by atoms with van der Waals surface area (Å²) in [4.78, 5) is 25.1. The van der Waals surface area contributed by atoms with Gasteiger partial charge in [0.15, 0.2) is 18.2 Å². The normalized spacial score (nSPS) is 12.7. The summed E-state index contributed by atoms with van der Waals surface area (Å²) < 4.78 is 31.3. The Bertz CT molecular complexity index is 839. The van der Waals surface area contributed by atoms with Crippen molar-refractivity contribution in [2.75, 3.05) is 23.4 Å². The van der Waals surface area contributed by atoms with E-state index in [9.17, 15) is 18.4 Å². The van der Waals surface area contributed by atoms with Crippen LogP contribution in [-0.4, -0.2) is 25.0 Å². The molecule has 1 aliphatic heterocycles. The van der Waals surface area contributed by atoms with Crippen molar-refractivity contribution in [1.82, 2.24) is 0 Å². The third kappa shape index (κ3) is 3.76. The van der Waals surface area contributed by atoms with Gasteiger partial charge in [0.05, 0.1) is 0 Å². The molecule has 2 aromatic carbocycles. The molecule has 0 radical (unpaired) electrons. The van der Waals surface area contributed by atoms with Crippen molar-refractivity contribution < 1.29 is 23.1 Å². The molecule has 1 aliphatic rings. The van der Waals surface area contributed by atoms with E-state index in [1.807, 2.05) is 0 Å². The number of fused-ring (bicyclic) bond motifs is 1. The first-order valence-corrected chi connectivity index (χ1v) is 7.73. The number of anilines is 2. The smallest absolute Gasteiger partial charge is 0.262 e. The largest absolute Gasteiger partial charge is 0.481 e. The second kappa shape index (κ2) is 6.88. The number of carbonyl (C=O) groups is 2. The van der Waals surface area contributed by atoms with Crippen LogP contribution in [0.3, 0.4) is 0 Å². The fraction of sp³-hybridized carbons (Fsp3) is 0.222. The number of carbonyl (C=O) groups excluding carboxylic acids is 2. The number of halogens is 2. The first kappa shape index (κ1) is 16.9. The highest BCUT2D eigenvalue weighted by Crippen LogP contribution is 2.30. The van der Waals surface area contributed by atoms with Crippen molar-refractivity contribution in [3.05, 3.63) is 53.6 Å². The number of rotatable bonds is 4. The first-order valence-electron chi connectivity index (χ1n) is 7.73. The number of ether oxygens (including phenoxy) is 1. The van der Waals surface area contributed by atoms with Crippen molar-refractivity contribution in [2.45, 2.75) is 13.3 Å². The van der Waals surface area contributed by atoms with Crippen LogP contribution in [0.2, 0.25) is 0 Å². The predicted octanol–water partition coefficient (Wildman–Crippen LogP) is 2.89. The topological polar surface area (TPSA) is 58.6 Å². The van der Waals surface area contributed by atoms with E-state index in [1.165, 1.54) is 6.92 Å². The number of hydrogen-bond acceptors (Lipinski definition) is 3. The van der Waals surface area contributed by atoms with Crippen LogP contribution in [0.5, 0.6) is 5.75 Å². The van der Waals surface area contributed by atoms with E-state index in [2.05, 4.69) is 5.32 Å². The zero-order valence-corrected chi connectivity index (χ0v) is 13.5. The lowest BCUT2D eigenvalue weighted by Crippen LogP contribution is -2.25. The van der Waals surface area contributed by atoms with E-state index in [4.69, 9.17) is 4.74 Å². The summed E-state index contributed by atoms with van der Waals surface area (Å²) in [6.45, 7) is 1.73. The monoisotopic (exact) mass is 346 g/mol. The minimum absolute atomic E-state index is 0.0229. The molecule has 130 valence electrons. The summed E-state index contributed by atoms with van der Waals surface area (Å²) in [6, 6.07) is 8.14. The van der Waals surface area contributed by atoms with Gasteiger partial charge in [-0.2, -0.15) is 0 Å². The fourth-order valence-corrected chi connectivity index (χ4v) is 2.74. The van der Waals surface area contributed by atoms with E-state index in [0.29, 0.717) is 18.3 Å². The Morgan fingerprint density at radius 3 is 2.72 bits per heavy atom. The molecule has 0 spiro atoms. The minimum atomic E-state index is -0.866. The Hall–Kier alpha value is -2.96. The van der Waals surface area contributed by atoms with Gasteiger partial charge < -0.3 is 15.0 Å². The predicted molar refractivity (Wildman–Crippen MR) is 88.7 cm³/mol. The number of amides is 2. The highest BCUT2D eigenvalue weighted by atomic mass is 19.1. The van der Waals surface area contributed by atoms with Gasteiger partial charge >= 0.3 is 0 Å². The van der Waals surface area contributed by atoms with E-state index in [-0.39, 0.29) is 11.7 Å². The molecular formula is C18H16F2N2O3. The molecule has 0 fully saturated rings. The van der Waals surface area contributed by atoms with Crippen molar-refractivity contribution in [3.63, 3.8) is 0 Å². The SMILES string of the molecule is CC(=O)N1CCc2cc(NC(=O)COc3ccc(F)cc3F)ccc21. The molecule has 0 unspecified atom stereocenters. The van der Waals surface area contributed by atoms with Crippen LogP contribution < -0.4 is 15.0 Å². The molecule has 0 saturated carbocycles. The van der Waals surface area contributed by atoms with Gasteiger partial charge in [-0.05, 0) is 42.3 Å². The number of hydrogen-bond donors (Lipinski definition) is 1. The Morgan fingerprint density at radius 1 is 1.20 bits per heavy atom. The van der Waals surface area contributed by atoms with Crippen LogP contribution in [0.15, 0.2) is 36.4 Å². The molecule has 1 N–H and O–H groups in total. The molecular weight excluding hydrogens is 330 g/mol. The van der Waals surface area contributed by atoms with Crippen LogP contribution in [0.1, 0.15) is 12.5 Å². The molecule has 0 atom stereocenters. The second-order valence-corrected chi connectivity index (χ2v) is 5.68. The van der Waals surface area contributed by atoms with Gasteiger partial charge in [0, 0.05) is 30.9 Å². The molecule has 25 heavy (non-hydrogen) atoms. The second-order valence-electron chi connectivity index (χ2n) is 5.68. The lowest BCUT2D eigenvalue weighted by atomic mass is 10.1. The maximum absolute atomic E-state index is 13.5. The van der Waals surface area contributed by atoms with E-state index >= 15 is 0 Å². The van der Waals surface area contributed by atoms with Crippen LogP contribution in [-0.2, 0) is 16.0 Å². The molecule has 3 rings (SSSR count). The summed E-state index contributed by atoms with van der Waals surface area (Å²) in [6.07, 6.45) is 0.718. The van der Waals surface area contributed by atoms with Crippen molar-refractivity contribution in [2.24, 2.45) is 0 Å². The zero-order valence-electron chi connectivity index (χ0n) is 13.5. The molecule has 0 bridgehead atoms. The van der Waals surface area contributed by atoms with E-state index in [1.54, 1.807) is 23.1 Å². The number of nitrogens with zero attached hydrogens (tertiary/aromatic N) is 1. The molecule has 0 saturated heterocycles. The fourth-order valence-electron chi connectivity index (χ4n) is 2.74. The third-order valence-corrected chi connectivity index (χ3v) is 3.89. The van der Waals surface area contributed by atoms with Gasteiger partial charge in [0.1, 0.15) is 5.82 Å². The van der Waals surface area contributed by atoms with Crippen molar-refractivity contribution >= 4 is 23.2 Å². The van der Waals surface area contributed by atoms with Gasteiger partial charge in [-0.25, -0.2) is 8.78 Å². The average Bonchev–Trinajstić information content (AvgIpc) is 2.97. The summed E-state index contributed by atoms with van der Waals surface area (Å²) in [5, 5.41) is 2.65. The maximum Gasteiger partial charge on any atom is 0.262 e. The van der Waals surface area contributed by atoms with Crippen LogP contribution in [0.25, 0.3) is 0 Å². The molecule has 0 aromatic heterocycles. The summed E-state index contributed by atoms with van der Waals surface area (Å²) in [7, 11) is 0. The summed E-state index contributed by atoms with van der Waals surface area (Å²) in [5.74, 6) is -2.26. The minimum Gasteiger partial charge on any atom is -0.481 e. The molecule has 5 nitrogen and oxygen atoms in total. The zero-order chi connectivity index (χ0) is 18.0. The third-order valence-electron chi connectivity index (χ3n) is 3.89. The maximum atomic E-state index is 13.5. The lowest BCUT2D eigenvalue weighted by molar-refractivity contribution is -0.118. The standard InChI is InChI=1S/C18H16F2N2O3/c1-11(23)22-7-6-12-8-14(3-4-16(12)22)21-18(24)10-25-17-5-2-13(19)9-15(17)20/h2-5,8-9H,6-7,10H2,1H3,(H,21,24). The Morgan fingerprint density at radius 2 is 2.00 bits per heavy atom. The summed E-state index contributed by atoms with van der Waals surface area (Å²) in [5.41, 5.74) is 2.38. The van der Waals surface area contributed by atoms with Gasteiger partial charge in [0.25, 0.3) is 5.91 Å². The van der Waals surface area contributed by atoms with E-state index < -0.39 is 24.1 Å². The Labute approximate surface area is 143 Å². The molecule has 2 aromatic rings. The van der Waals surface area contributed by atoms with Crippen LogP contribution in [0, 0.1) is 11.6 Å². The number of nitrogens with one attached hydrogen (secondary N) is 1. The van der Waals surface area contributed by atoms with Gasteiger partial charge in [-0.3, -0.25) is 9.59 Å². The quantitative estimate of drug-likeness (QED) is 0.926. The summed E-state index contributed by atoms with van der Waals surface area (Å²) >= 11 is 0.